The van der Waals surface area contributed by atoms with Gasteiger partial charge >= 0.3 is 0 Å². The monoisotopic (exact) mass is 467 g/mol. The summed E-state index contributed by atoms with van der Waals surface area (Å²) in [5.74, 6) is 0.600. The Morgan fingerprint density at radius 1 is 0.829 bits per heavy atom. The Balaban J connectivity index is 1.30. The van der Waals surface area contributed by atoms with E-state index in [1.165, 1.54) is 5.56 Å². The van der Waals surface area contributed by atoms with Gasteiger partial charge in [-0.25, -0.2) is 0 Å². The molecule has 35 heavy (non-hydrogen) atoms. The van der Waals surface area contributed by atoms with Crippen LogP contribution in [0.2, 0.25) is 0 Å². The normalized spacial score (nSPS) is 21.2. The standard InChI is InChI=1S/C29H29N3O3/c1-35-22-12-10-21(11-13-22)30-16-18-31(19-17-30)29(34)26-24-8-4-5-9-25(24)28(33)32-15-14-20-6-2-3-7-23(20)27(26)32/h2-13,26-27H,14-19H2,1H3/t26-,27+/m1/s1. The first-order chi connectivity index (χ1) is 17.2. The van der Waals surface area contributed by atoms with E-state index in [1.54, 1.807) is 7.11 Å². The van der Waals surface area contributed by atoms with E-state index in [1.807, 2.05) is 58.3 Å². The molecule has 0 aliphatic carbocycles. The molecule has 3 aromatic rings. The molecule has 0 unspecified atom stereocenters. The highest BCUT2D eigenvalue weighted by Crippen LogP contribution is 2.46. The van der Waals surface area contributed by atoms with Gasteiger partial charge in [0.15, 0.2) is 0 Å². The minimum absolute atomic E-state index is 0.0356. The number of hydrogen-bond donors (Lipinski definition) is 0. The average Bonchev–Trinajstić information content (AvgIpc) is 2.93. The molecule has 0 saturated carbocycles. The molecular weight excluding hydrogens is 438 g/mol. The molecule has 3 aliphatic rings. The van der Waals surface area contributed by atoms with Gasteiger partial charge in [0.2, 0.25) is 5.91 Å². The number of hydrogen-bond acceptors (Lipinski definition) is 4. The highest BCUT2D eigenvalue weighted by Gasteiger charge is 2.47. The van der Waals surface area contributed by atoms with Gasteiger partial charge in [0.25, 0.3) is 5.91 Å². The second-order valence-electron chi connectivity index (χ2n) is 9.47. The van der Waals surface area contributed by atoms with Crippen molar-refractivity contribution in [3.63, 3.8) is 0 Å². The van der Waals surface area contributed by atoms with Gasteiger partial charge in [-0.15, -0.1) is 0 Å². The molecule has 0 bridgehead atoms. The lowest BCUT2D eigenvalue weighted by Gasteiger charge is -2.47. The van der Waals surface area contributed by atoms with Crippen LogP contribution in [0, 0.1) is 0 Å². The number of rotatable bonds is 3. The Hall–Kier alpha value is -3.80. The predicted molar refractivity (Wildman–Crippen MR) is 135 cm³/mol. The van der Waals surface area contributed by atoms with E-state index < -0.39 is 5.92 Å². The number of nitrogens with zero attached hydrogens (tertiary/aromatic N) is 3. The van der Waals surface area contributed by atoms with E-state index in [-0.39, 0.29) is 17.9 Å². The summed E-state index contributed by atoms with van der Waals surface area (Å²) in [6.07, 6.45) is 0.821. The minimum Gasteiger partial charge on any atom is -0.497 e. The van der Waals surface area contributed by atoms with E-state index in [2.05, 4.69) is 29.2 Å². The summed E-state index contributed by atoms with van der Waals surface area (Å²) in [4.78, 5) is 33.8. The maximum Gasteiger partial charge on any atom is 0.254 e. The zero-order chi connectivity index (χ0) is 23.9. The first-order valence-electron chi connectivity index (χ1n) is 12.3. The van der Waals surface area contributed by atoms with Gasteiger partial charge in [-0.05, 0) is 53.4 Å². The van der Waals surface area contributed by atoms with Crippen molar-refractivity contribution in [3.05, 3.63) is 95.1 Å². The van der Waals surface area contributed by atoms with E-state index >= 15 is 0 Å². The third kappa shape index (κ3) is 3.64. The van der Waals surface area contributed by atoms with Crippen molar-refractivity contribution in [2.24, 2.45) is 0 Å². The maximum absolute atomic E-state index is 14.2. The van der Waals surface area contributed by atoms with Crippen molar-refractivity contribution < 1.29 is 14.3 Å². The smallest absolute Gasteiger partial charge is 0.254 e. The van der Waals surface area contributed by atoms with Gasteiger partial charge < -0.3 is 19.4 Å². The molecule has 178 valence electrons. The Morgan fingerprint density at radius 2 is 1.51 bits per heavy atom. The number of anilines is 1. The van der Waals surface area contributed by atoms with E-state index in [4.69, 9.17) is 4.74 Å². The minimum atomic E-state index is -0.391. The van der Waals surface area contributed by atoms with Crippen LogP contribution in [0.3, 0.4) is 0 Å². The summed E-state index contributed by atoms with van der Waals surface area (Å²) < 4.78 is 5.28. The number of piperazine rings is 1. The van der Waals surface area contributed by atoms with Crippen LogP contribution < -0.4 is 9.64 Å². The molecular formula is C29H29N3O3. The summed E-state index contributed by atoms with van der Waals surface area (Å²) >= 11 is 0. The largest absolute Gasteiger partial charge is 0.497 e. The highest BCUT2D eigenvalue weighted by atomic mass is 16.5. The van der Waals surface area contributed by atoms with Crippen molar-refractivity contribution in [2.45, 2.75) is 18.4 Å². The average molecular weight is 468 g/mol. The molecule has 3 aromatic carbocycles. The predicted octanol–water partition coefficient (Wildman–Crippen LogP) is 3.88. The van der Waals surface area contributed by atoms with E-state index in [0.717, 1.165) is 42.1 Å². The molecule has 1 fully saturated rings. The Bertz CT molecular complexity index is 1260. The van der Waals surface area contributed by atoms with Crippen molar-refractivity contribution in [2.75, 3.05) is 44.7 Å². The summed E-state index contributed by atoms with van der Waals surface area (Å²) in [5, 5.41) is 0. The van der Waals surface area contributed by atoms with Crippen LogP contribution in [0.25, 0.3) is 0 Å². The molecule has 3 aliphatic heterocycles. The van der Waals surface area contributed by atoms with Crippen LogP contribution in [0.1, 0.15) is 39.0 Å². The van der Waals surface area contributed by atoms with Crippen molar-refractivity contribution in [1.82, 2.24) is 9.80 Å². The molecule has 0 aromatic heterocycles. The number of ether oxygens (including phenoxy) is 1. The van der Waals surface area contributed by atoms with Crippen LogP contribution in [0.15, 0.2) is 72.8 Å². The SMILES string of the molecule is COc1ccc(N2CCN(C(=O)[C@@H]3c4ccccc4C(=O)N4CCc5ccccc5[C@@H]34)CC2)cc1. The lowest BCUT2D eigenvalue weighted by atomic mass is 9.75. The fourth-order valence-corrected chi connectivity index (χ4v) is 5.92. The van der Waals surface area contributed by atoms with Crippen LogP contribution in [-0.4, -0.2) is 61.4 Å². The van der Waals surface area contributed by atoms with Crippen LogP contribution in [0.5, 0.6) is 5.75 Å². The topological polar surface area (TPSA) is 53.1 Å². The van der Waals surface area contributed by atoms with Crippen molar-refractivity contribution in [1.29, 1.82) is 0 Å². The number of carbonyl (C=O) groups is 2. The summed E-state index contributed by atoms with van der Waals surface area (Å²) in [6, 6.07) is 23.8. The van der Waals surface area contributed by atoms with Crippen molar-refractivity contribution in [3.8, 4) is 5.75 Å². The Kier molecular flexibility index (Phi) is 5.44. The maximum atomic E-state index is 14.2. The third-order valence-corrected chi connectivity index (χ3v) is 7.73. The Labute approximate surface area is 205 Å². The first kappa shape index (κ1) is 21.7. The molecule has 0 N–H and O–H groups in total. The molecule has 1 saturated heterocycles. The fraction of sp³-hybridized carbons (Fsp3) is 0.310. The molecule has 2 atom stereocenters. The van der Waals surface area contributed by atoms with Gasteiger partial charge in [0.05, 0.1) is 19.1 Å². The molecule has 6 nitrogen and oxygen atoms in total. The lowest BCUT2D eigenvalue weighted by molar-refractivity contribution is -0.135. The second-order valence-corrected chi connectivity index (χ2v) is 9.47. The molecule has 6 heteroatoms. The van der Waals surface area contributed by atoms with Crippen molar-refractivity contribution >= 4 is 17.5 Å². The quantitative estimate of drug-likeness (QED) is 0.587. The number of fused-ring (bicyclic) bond motifs is 4. The van der Waals surface area contributed by atoms with E-state index in [0.29, 0.717) is 25.2 Å². The molecule has 6 rings (SSSR count). The number of carbonyl (C=O) groups excluding carboxylic acids is 2. The third-order valence-electron chi connectivity index (χ3n) is 7.73. The lowest BCUT2D eigenvalue weighted by Crippen LogP contribution is -2.54. The molecule has 0 spiro atoms. The zero-order valence-electron chi connectivity index (χ0n) is 19.9. The molecule has 2 amide bonds. The van der Waals surface area contributed by atoms with Crippen LogP contribution in [0.4, 0.5) is 5.69 Å². The first-order valence-corrected chi connectivity index (χ1v) is 12.3. The van der Waals surface area contributed by atoms with E-state index in [9.17, 15) is 9.59 Å². The fourth-order valence-electron chi connectivity index (χ4n) is 5.92. The summed E-state index contributed by atoms with van der Waals surface area (Å²) in [5.41, 5.74) is 5.01. The van der Waals surface area contributed by atoms with Gasteiger partial charge in [0, 0.05) is 44.0 Å². The highest BCUT2D eigenvalue weighted by molar-refractivity contribution is 6.01. The zero-order valence-corrected chi connectivity index (χ0v) is 19.9. The van der Waals surface area contributed by atoms with Gasteiger partial charge in [-0.1, -0.05) is 42.5 Å². The number of benzene rings is 3. The number of amides is 2. The second kappa shape index (κ2) is 8.77. The summed E-state index contributed by atoms with van der Waals surface area (Å²) in [7, 11) is 1.67. The Morgan fingerprint density at radius 3 is 2.26 bits per heavy atom. The summed E-state index contributed by atoms with van der Waals surface area (Å²) in [6.45, 7) is 3.51. The van der Waals surface area contributed by atoms with Crippen LogP contribution in [-0.2, 0) is 11.2 Å². The molecule has 3 heterocycles. The van der Waals surface area contributed by atoms with Gasteiger partial charge in [-0.3, -0.25) is 9.59 Å². The van der Waals surface area contributed by atoms with Gasteiger partial charge in [0.1, 0.15) is 5.75 Å². The molecule has 0 radical (unpaired) electrons. The number of methoxy groups -OCH3 is 1. The van der Waals surface area contributed by atoms with Gasteiger partial charge in [-0.2, -0.15) is 0 Å². The van der Waals surface area contributed by atoms with Crippen LogP contribution >= 0.6 is 0 Å².